The standard InChI is InChI=1S/C19H19NO2/c1-13-9-14(2)11-16(10-13)17(7-8-20)15-5-6-18(21-3)19(12-15)22-4/h5-7,9-12H,1-4H3/b17-7-. The molecule has 3 nitrogen and oxygen atoms in total. The van der Waals surface area contributed by atoms with Gasteiger partial charge in [0, 0.05) is 6.08 Å². The molecule has 22 heavy (non-hydrogen) atoms. The molecule has 0 saturated carbocycles. The van der Waals surface area contributed by atoms with E-state index in [0.717, 1.165) is 16.7 Å². The summed E-state index contributed by atoms with van der Waals surface area (Å²) in [4.78, 5) is 0. The van der Waals surface area contributed by atoms with Gasteiger partial charge < -0.3 is 9.47 Å². The number of benzene rings is 2. The summed E-state index contributed by atoms with van der Waals surface area (Å²) in [6.07, 6.45) is 1.56. The fourth-order valence-electron chi connectivity index (χ4n) is 2.53. The molecule has 0 atom stereocenters. The van der Waals surface area contributed by atoms with E-state index in [1.807, 2.05) is 18.2 Å². The smallest absolute Gasteiger partial charge is 0.161 e. The quantitative estimate of drug-likeness (QED) is 0.790. The van der Waals surface area contributed by atoms with E-state index < -0.39 is 0 Å². The first kappa shape index (κ1) is 15.7. The highest BCUT2D eigenvalue weighted by Gasteiger charge is 2.10. The number of aryl methyl sites for hydroxylation is 2. The van der Waals surface area contributed by atoms with Gasteiger partial charge in [-0.25, -0.2) is 0 Å². The predicted molar refractivity (Wildman–Crippen MR) is 88.2 cm³/mol. The lowest BCUT2D eigenvalue weighted by atomic mass is 9.94. The summed E-state index contributed by atoms with van der Waals surface area (Å²) in [5, 5.41) is 9.14. The van der Waals surface area contributed by atoms with Gasteiger partial charge in [0.05, 0.1) is 20.3 Å². The Hall–Kier alpha value is -2.73. The zero-order chi connectivity index (χ0) is 16.1. The first-order valence-corrected chi connectivity index (χ1v) is 7.00. The molecule has 2 aromatic rings. The van der Waals surface area contributed by atoms with Crippen LogP contribution < -0.4 is 9.47 Å². The number of nitriles is 1. The minimum atomic E-state index is 0.646. The molecule has 0 heterocycles. The lowest BCUT2D eigenvalue weighted by Crippen LogP contribution is -1.94. The van der Waals surface area contributed by atoms with Gasteiger partial charge in [0.25, 0.3) is 0 Å². The Kier molecular flexibility index (Phi) is 4.85. The van der Waals surface area contributed by atoms with Crippen LogP contribution in [0, 0.1) is 25.2 Å². The summed E-state index contributed by atoms with van der Waals surface area (Å²) in [6.45, 7) is 4.10. The van der Waals surface area contributed by atoms with Gasteiger partial charge in [-0.3, -0.25) is 0 Å². The van der Waals surface area contributed by atoms with Gasteiger partial charge in [0.1, 0.15) is 0 Å². The molecule has 0 bridgehead atoms. The van der Waals surface area contributed by atoms with Gasteiger partial charge in [-0.05, 0) is 42.7 Å². The third kappa shape index (κ3) is 3.29. The average Bonchev–Trinajstić information content (AvgIpc) is 2.51. The lowest BCUT2D eigenvalue weighted by molar-refractivity contribution is 0.355. The number of methoxy groups -OCH3 is 2. The molecule has 112 valence electrons. The zero-order valence-electron chi connectivity index (χ0n) is 13.3. The Balaban J connectivity index is 2.58. The van der Waals surface area contributed by atoms with Crippen LogP contribution in [0.1, 0.15) is 22.3 Å². The maximum Gasteiger partial charge on any atom is 0.161 e. The molecule has 2 aromatic carbocycles. The van der Waals surface area contributed by atoms with Gasteiger partial charge in [0.2, 0.25) is 0 Å². The summed E-state index contributed by atoms with van der Waals surface area (Å²) in [7, 11) is 3.21. The fraction of sp³-hybridized carbons (Fsp3) is 0.211. The van der Waals surface area contributed by atoms with E-state index in [0.29, 0.717) is 11.5 Å². The second-order valence-electron chi connectivity index (χ2n) is 5.13. The topological polar surface area (TPSA) is 42.2 Å². The van der Waals surface area contributed by atoms with E-state index in [4.69, 9.17) is 14.7 Å². The Morgan fingerprint density at radius 2 is 1.55 bits per heavy atom. The van der Waals surface area contributed by atoms with E-state index in [1.165, 1.54) is 11.1 Å². The van der Waals surface area contributed by atoms with Crippen molar-refractivity contribution in [1.82, 2.24) is 0 Å². The SMILES string of the molecule is COc1ccc(/C(=C/C#N)c2cc(C)cc(C)c2)cc1OC. The van der Waals surface area contributed by atoms with Gasteiger partial charge in [-0.15, -0.1) is 0 Å². The first-order valence-electron chi connectivity index (χ1n) is 7.00. The van der Waals surface area contributed by atoms with Crippen molar-refractivity contribution in [2.24, 2.45) is 0 Å². The molecule has 0 amide bonds. The number of allylic oxidation sites excluding steroid dienone is 1. The van der Waals surface area contributed by atoms with Crippen molar-refractivity contribution in [3.05, 3.63) is 64.7 Å². The molecule has 0 N–H and O–H groups in total. The van der Waals surface area contributed by atoms with E-state index in [-0.39, 0.29) is 0 Å². The molecule has 0 aliphatic rings. The van der Waals surface area contributed by atoms with Crippen molar-refractivity contribution in [3.63, 3.8) is 0 Å². The van der Waals surface area contributed by atoms with Crippen molar-refractivity contribution in [3.8, 4) is 17.6 Å². The Morgan fingerprint density at radius 1 is 0.909 bits per heavy atom. The second-order valence-corrected chi connectivity index (χ2v) is 5.13. The molecule has 0 radical (unpaired) electrons. The minimum Gasteiger partial charge on any atom is -0.493 e. The highest BCUT2D eigenvalue weighted by molar-refractivity contribution is 5.82. The number of rotatable bonds is 4. The molecule has 0 unspecified atom stereocenters. The third-order valence-electron chi connectivity index (χ3n) is 3.44. The van der Waals surface area contributed by atoms with Crippen LogP contribution in [0.2, 0.25) is 0 Å². The fourth-order valence-corrected chi connectivity index (χ4v) is 2.53. The monoisotopic (exact) mass is 293 g/mol. The Morgan fingerprint density at radius 3 is 2.09 bits per heavy atom. The highest BCUT2D eigenvalue weighted by Crippen LogP contribution is 2.33. The number of ether oxygens (including phenoxy) is 2. The van der Waals surface area contributed by atoms with Gasteiger partial charge in [-0.2, -0.15) is 5.26 Å². The zero-order valence-corrected chi connectivity index (χ0v) is 13.3. The number of hydrogen-bond acceptors (Lipinski definition) is 3. The molecule has 0 aromatic heterocycles. The number of hydrogen-bond donors (Lipinski definition) is 0. The van der Waals surface area contributed by atoms with Gasteiger partial charge >= 0.3 is 0 Å². The van der Waals surface area contributed by atoms with Crippen LogP contribution in [-0.4, -0.2) is 14.2 Å². The molecule has 0 spiro atoms. The summed E-state index contributed by atoms with van der Waals surface area (Å²) in [5.41, 5.74) is 5.14. The van der Waals surface area contributed by atoms with Crippen molar-refractivity contribution in [2.45, 2.75) is 13.8 Å². The highest BCUT2D eigenvalue weighted by atomic mass is 16.5. The van der Waals surface area contributed by atoms with Gasteiger partial charge in [-0.1, -0.05) is 35.4 Å². The summed E-state index contributed by atoms with van der Waals surface area (Å²) in [5.74, 6) is 1.32. The van der Waals surface area contributed by atoms with Crippen LogP contribution in [0.3, 0.4) is 0 Å². The number of nitrogens with zero attached hydrogens (tertiary/aromatic N) is 1. The molecular weight excluding hydrogens is 274 g/mol. The molecule has 0 aliphatic heterocycles. The average molecular weight is 293 g/mol. The lowest BCUT2D eigenvalue weighted by Gasteiger charge is -2.13. The Bertz CT molecular complexity index is 734. The third-order valence-corrected chi connectivity index (χ3v) is 3.44. The van der Waals surface area contributed by atoms with Crippen molar-refractivity contribution in [1.29, 1.82) is 5.26 Å². The van der Waals surface area contributed by atoms with Crippen LogP contribution >= 0.6 is 0 Å². The van der Waals surface area contributed by atoms with Crippen molar-refractivity contribution >= 4 is 5.57 Å². The van der Waals surface area contributed by atoms with E-state index in [9.17, 15) is 0 Å². The van der Waals surface area contributed by atoms with Crippen LogP contribution in [-0.2, 0) is 0 Å². The van der Waals surface area contributed by atoms with Crippen LogP contribution in [0.15, 0.2) is 42.5 Å². The van der Waals surface area contributed by atoms with Crippen molar-refractivity contribution < 1.29 is 9.47 Å². The molecule has 3 heteroatoms. The van der Waals surface area contributed by atoms with Crippen LogP contribution in [0.25, 0.3) is 5.57 Å². The first-order chi connectivity index (χ1) is 10.6. The molecule has 2 rings (SSSR count). The van der Waals surface area contributed by atoms with E-state index in [1.54, 1.807) is 20.3 Å². The maximum atomic E-state index is 9.14. The summed E-state index contributed by atoms with van der Waals surface area (Å²) < 4.78 is 10.6. The molecule has 0 saturated heterocycles. The van der Waals surface area contributed by atoms with E-state index >= 15 is 0 Å². The van der Waals surface area contributed by atoms with Crippen LogP contribution in [0.4, 0.5) is 0 Å². The van der Waals surface area contributed by atoms with Gasteiger partial charge in [0.15, 0.2) is 11.5 Å². The van der Waals surface area contributed by atoms with Crippen molar-refractivity contribution in [2.75, 3.05) is 14.2 Å². The summed E-state index contributed by atoms with van der Waals surface area (Å²) in [6, 6.07) is 14.1. The summed E-state index contributed by atoms with van der Waals surface area (Å²) >= 11 is 0. The minimum absolute atomic E-state index is 0.646. The molecule has 0 aliphatic carbocycles. The predicted octanol–water partition coefficient (Wildman–Crippen LogP) is 4.28. The second kappa shape index (κ2) is 6.82. The largest absolute Gasteiger partial charge is 0.493 e. The molecule has 0 fully saturated rings. The molecular formula is C19H19NO2. The maximum absolute atomic E-state index is 9.14. The van der Waals surface area contributed by atoms with E-state index in [2.05, 4.69) is 38.1 Å². The Labute approximate surface area is 131 Å². The van der Waals surface area contributed by atoms with Crippen LogP contribution in [0.5, 0.6) is 11.5 Å². The normalized spacial score (nSPS) is 11.0.